The molecule has 0 spiro atoms. The van der Waals surface area contributed by atoms with Crippen molar-refractivity contribution in [3.8, 4) is 0 Å². The first kappa shape index (κ1) is 17.6. The zero-order valence-electron chi connectivity index (χ0n) is 13.2. The summed E-state index contributed by atoms with van der Waals surface area (Å²) >= 11 is 0. The Bertz CT molecular complexity index is 446. The minimum absolute atomic E-state index is 0.0457. The summed E-state index contributed by atoms with van der Waals surface area (Å²) in [6.45, 7) is 5.39. The number of rotatable bonds is 9. The van der Waals surface area contributed by atoms with Crippen LogP contribution in [0.5, 0.6) is 0 Å². The highest BCUT2D eigenvalue weighted by molar-refractivity contribution is 5.89. The first-order valence-corrected chi connectivity index (χ1v) is 7.56. The van der Waals surface area contributed by atoms with Gasteiger partial charge in [-0.15, -0.1) is 0 Å². The van der Waals surface area contributed by atoms with Gasteiger partial charge in [-0.1, -0.05) is 39.2 Å². The van der Waals surface area contributed by atoms with Gasteiger partial charge in [-0.2, -0.15) is 0 Å². The Kier molecular flexibility index (Phi) is 7.98. The van der Waals surface area contributed by atoms with Crippen LogP contribution in [0.1, 0.15) is 55.5 Å². The summed E-state index contributed by atoms with van der Waals surface area (Å²) in [6.07, 6.45) is 4.67. The second kappa shape index (κ2) is 9.50. The van der Waals surface area contributed by atoms with Crippen LogP contribution >= 0.6 is 0 Å². The average molecular weight is 296 g/mol. The summed E-state index contributed by atoms with van der Waals surface area (Å²) in [7, 11) is 1.24. The van der Waals surface area contributed by atoms with Crippen LogP contribution in [0, 0.1) is 11.7 Å². The van der Waals surface area contributed by atoms with E-state index in [1.165, 1.54) is 38.5 Å². The third kappa shape index (κ3) is 5.84. The zero-order chi connectivity index (χ0) is 15.7. The predicted octanol–water partition coefficient (Wildman–Crippen LogP) is 4.35. The highest BCUT2D eigenvalue weighted by atomic mass is 19.1. The molecule has 4 heteroatoms. The number of carbonyl (C=O) groups excluding carboxylic acids is 1. The van der Waals surface area contributed by atoms with Crippen molar-refractivity contribution in [2.75, 3.05) is 13.7 Å². The largest absolute Gasteiger partial charge is 0.465 e. The Hall–Kier alpha value is -1.42. The molecule has 1 unspecified atom stereocenters. The molecular weight excluding hydrogens is 271 g/mol. The van der Waals surface area contributed by atoms with Gasteiger partial charge in [0.05, 0.1) is 19.3 Å². The zero-order valence-corrected chi connectivity index (χ0v) is 13.2. The van der Waals surface area contributed by atoms with Gasteiger partial charge < -0.3 is 9.47 Å². The molecule has 1 aromatic rings. The molecule has 0 fully saturated rings. The van der Waals surface area contributed by atoms with Crippen LogP contribution in [0.25, 0.3) is 0 Å². The standard InChI is InChI=1S/C17H25FO3/c1-4-6-7-13(5-2)11-21-12-14-8-9-15(16(18)10-14)17(19)20-3/h8-10,13H,4-7,11-12H2,1-3H3. The summed E-state index contributed by atoms with van der Waals surface area (Å²) in [5, 5.41) is 0. The lowest BCUT2D eigenvalue weighted by molar-refractivity contribution is 0.0594. The van der Waals surface area contributed by atoms with E-state index in [-0.39, 0.29) is 5.56 Å². The van der Waals surface area contributed by atoms with Crippen molar-refractivity contribution in [1.82, 2.24) is 0 Å². The van der Waals surface area contributed by atoms with E-state index >= 15 is 0 Å². The molecule has 1 aromatic carbocycles. The number of ether oxygens (including phenoxy) is 2. The Labute approximate surface area is 126 Å². The molecule has 0 N–H and O–H groups in total. The quantitative estimate of drug-likeness (QED) is 0.636. The first-order chi connectivity index (χ1) is 10.1. The summed E-state index contributed by atoms with van der Waals surface area (Å²) in [4.78, 5) is 11.3. The van der Waals surface area contributed by atoms with Crippen LogP contribution in [0.3, 0.4) is 0 Å². The fourth-order valence-corrected chi connectivity index (χ4v) is 2.17. The third-order valence-corrected chi connectivity index (χ3v) is 3.60. The molecule has 1 rings (SSSR count). The highest BCUT2D eigenvalue weighted by Crippen LogP contribution is 2.16. The van der Waals surface area contributed by atoms with Crippen molar-refractivity contribution in [2.45, 2.75) is 46.1 Å². The second-order valence-electron chi connectivity index (χ2n) is 5.24. The molecule has 0 radical (unpaired) electrons. The van der Waals surface area contributed by atoms with Crippen LogP contribution in [0.15, 0.2) is 18.2 Å². The smallest absolute Gasteiger partial charge is 0.340 e. The van der Waals surface area contributed by atoms with Gasteiger partial charge in [-0.25, -0.2) is 9.18 Å². The third-order valence-electron chi connectivity index (χ3n) is 3.60. The summed E-state index contributed by atoms with van der Waals surface area (Å²) < 4.78 is 23.9. The monoisotopic (exact) mass is 296 g/mol. The average Bonchev–Trinajstić information content (AvgIpc) is 2.50. The van der Waals surface area contributed by atoms with Crippen LogP contribution in [-0.2, 0) is 16.1 Å². The van der Waals surface area contributed by atoms with Crippen LogP contribution in [-0.4, -0.2) is 19.7 Å². The van der Waals surface area contributed by atoms with Crippen LogP contribution < -0.4 is 0 Å². The van der Waals surface area contributed by atoms with Gasteiger partial charge in [0, 0.05) is 6.61 Å². The summed E-state index contributed by atoms with van der Waals surface area (Å²) in [5.41, 5.74) is 0.682. The van der Waals surface area contributed by atoms with Gasteiger partial charge in [0.1, 0.15) is 5.82 Å². The van der Waals surface area contributed by atoms with Gasteiger partial charge >= 0.3 is 5.97 Å². The Morgan fingerprint density at radius 1 is 1.33 bits per heavy atom. The van der Waals surface area contributed by atoms with Gasteiger partial charge in [-0.3, -0.25) is 0 Å². The van der Waals surface area contributed by atoms with E-state index in [4.69, 9.17) is 4.74 Å². The number of halogens is 1. The van der Waals surface area contributed by atoms with E-state index in [9.17, 15) is 9.18 Å². The number of methoxy groups -OCH3 is 1. The lowest BCUT2D eigenvalue weighted by Crippen LogP contribution is -2.09. The highest BCUT2D eigenvalue weighted by Gasteiger charge is 2.12. The Morgan fingerprint density at radius 3 is 2.67 bits per heavy atom. The molecule has 21 heavy (non-hydrogen) atoms. The van der Waals surface area contributed by atoms with Crippen molar-refractivity contribution >= 4 is 5.97 Å². The first-order valence-electron chi connectivity index (χ1n) is 7.56. The molecule has 0 saturated heterocycles. The molecule has 0 heterocycles. The molecule has 0 saturated carbocycles. The van der Waals surface area contributed by atoms with Crippen molar-refractivity contribution in [1.29, 1.82) is 0 Å². The van der Waals surface area contributed by atoms with E-state index < -0.39 is 11.8 Å². The lowest BCUT2D eigenvalue weighted by Gasteiger charge is -2.14. The normalized spacial score (nSPS) is 12.2. The fraction of sp³-hybridized carbons (Fsp3) is 0.588. The topological polar surface area (TPSA) is 35.5 Å². The van der Waals surface area contributed by atoms with Crippen molar-refractivity contribution < 1.29 is 18.7 Å². The molecule has 0 amide bonds. The number of benzene rings is 1. The number of hydrogen-bond donors (Lipinski definition) is 0. The Balaban J connectivity index is 2.49. The maximum atomic E-state index is 13.7. The molecule has 0 aliphatic rings. The molecule has 3 nitrogen and oxygen atoms in total. The summed E-state index contributed by atoms with van der Waals surface area (Å²) in [5.74, 6) is -0.671. The van der Waals surface area contributed by atoms with Gasteiger partial charge in [0.2, 0.25) is 0 Å². The fourth-order valence-electron chi connectivity index (χ4n) is 2.17. The molecule has 118 valence electrons. The van der Waals surface area contributed by atoms with E-state index in [2.05, 4.69) is 18.6 Å². The minimum atomic E-state index is -0.661. The van der Waals surface area contributed by atoms with Gasteiger partial charge in [-0.05, 0) is 30.0 Å². The van der Waals surface area contributed by atoms with Crippen LogP contribution in [0.4, 0.5) is 4.39 Å². The summed E-state index contributed by atoms with van der Waals surface area (Å²) in [6, 6.07) is 4.47. The van der Waals surface area contributed by atoms with E-state index in [0.29, 0.717) is 19.1 Å². The number of esters is 1. The minimum Gasteiger partial charge on any atom is -0.465 e. The molecule has 0 aromatic heterocycles. The van der Waals surface area contributed by atoms with Gasteiger partial charge in [0.25, 0.3) is 0 Å². The number of hydrogen-bond acceptors (Lipinski definition) is 3. The van der Waals surface area contributed by atoms with Crippen LogP contribution in [0.2, 0.25) is 0 Å². The number of unbranched alkanes of at least 4 members (excludes halogenated alkanes) is 1. The predicted molar refractivity (Wildman–Crippen MR) is 80.7 cm³/mol. The SMILES string of the molecule is CCCCC(CC)COCc1ccc(C(=O)OC)c(F)c1. The van der Waals surface area contributed by atoms with Crippen molar-refractivity contribution in [2.24, 2.45) is 5.92 Å². The maximum Gasteiger partial charge on any atom is 0.340 e. The second-order valence-corrected chi connectivity index (χ2v) is 5.24. The number of carbonyl (C=O) groups is 1. The molecule has 1 atom stereocenters. The van der Waals surface area contributed by atoms with E-state index in [1.54, 1.807) is 6.07 Å². The molecule has 0 aliphatic carbocycles. The molecule has 0 aliphatic heterocycles. The molecule has 0 bridgehead atoms. The van der Waals surface area contributed by atoms with Crippen molar-refractivity contribution in [3.63, 3.8) is 0 Å². The lowest BCUT2D eigenvalue weighted by atomic mass is 10.0. The van der Waals surface area contributed by atoms with Crippen molar-refractivity contribution in [3.05, 3.63) is 35.1 Å². The molecular formula is C17H25FO3. The van der Waals surface area contributed by atoms with Gasteiger partial charge in [0.15, 0.2) is 0 Å². The van der Waals surface area contributed by atoms with E-state index in [1.807, 2.05) is 0 Å². The van der Waals surface area contributed by atoms with E-state index in [0.717, 1.165) is 12.0 Å². The Morgan fingerprint density at radius 2 is 2.10 bits per heavy atom. The maximum absolute atomic E-state index is 13.7.